The van der Waals surface area contributed by atoms with Gasteiger partial charge in [-0.3, -0.25) is 28.9 Å². The number of hydrogen-bond acceptors (Lipinski definition) is 17. The van der Waals surface area contributed by atoms with Crippen molar-refractivity contribution in [2.45, 2.75) is 35.8 Å². The third kappa shape index (κ3) is 7.51. The fourth-order valence-corrected chi connectivity index (χ4v) is 8.45. The summed E-state index contributed by atoms with van der Waals surface area (Å²) in [4.78, 5) is 91.1. The number of amides is 3. The Labute approximate surface area is 326 Å². The van der Waals surface area contributed by atoms with Gasteiger partial charge in [-0.25, -0.2) is 14.3 Å². The summed E-state index contributed by atoms with van der Waals surface area (Å²) in [5.41, 5.74) is -4.15. The number of phenols is 2. The van der Waals surface area contributed by atoms with Crippen LogP contribution in [-0.4, -0.2) is 123 Å². The van der Waals surface area contributed by atoms with Crippen molar-refractivity contribution in [1.82, 2.24) is 35.7 Å². The van der Waals surface area contributed by atoms with Gasteiger partial charge in [0, 0.05) is 18.6 Å². The van der Waals surface area contributed by atoms with Crippen molar-refractivity contribution in [3.05, 3.63) is 74.8 Å². The maximum absolute atomic E-state index is 14.2. The number of methoxy groups -OCH3 is 1. The van der Waals surface area contributed by atoms with E-state index in [-0.39, 0.29) is 44.7 Å². The minimum Gasteiger partial charge on any atom is -0.504 e. The number of carboxylic acid groups (broad SMARTS) is 3. The Morgan fingerprint density at radius 3 is 2.44 bits per heavy atom. The highest BCUT2D eigenvalue weighted by molar-refractivity contribution is 8.01. The number of β-lactam (4-membered cyclic amide) rings is 1. The molecule has 0 spiro atoms. The lowest BCUT2D eigenvalue weighted by Crippen LogP contribution is -2.81. The molecule has 298 valence electrons. The monoisotopic (exact) mass is 827 g/mol. The van der Waals surface area contributed by atoms with Gasteiger partial charge in [0.05, 0.1) is 5.39 Å². The van der Waals surface area contributed by atoms with E-state index in [2.05, 4.69) is 26.2 Å². The second kappa shape index (κ2) is 15.8. The predicted molar refractivity (Wildman–Crippen MR) is 192 cm³/mol. The number of ether oxygens (including phenoxy) is 2. The molecule has 22 nitrogen and oxygen atoms in total. The Bertz CT molecular complexity index is 2430. The zero-order valence-electron chi connectivity index (χ0n) is 29.3. The molecule has 0 saturated carbocycles. The average Bonchev–Trinajstić information content (AvgIpc) is 3.61. The number of hydrogen-bond donors (Lipinski definition) is 7. The molecule has 7 N–H and O–H groups in total. The first-order valence-corrected chi connectivity index (χ1v) is 18.2. The number of thioether (sulfide) groups is 2. The van der Waals surface area contributed by atoms with Crippen LogP contribution < -0.4 is 20.8 Å². The van der Waals surface area contributed by atoms with Crippen LogP contribution in [0.5, 0.6) is 17.2 Å². The highest BCUT2D eigenvalue weighted by Crippen LogP contribution is 2.47. The van der Waals surface area contributed by atoms with E-state index in [1.807, 2.05) is 0 Å². The molecule has 4 heterocycles. The van der Waals surface area contributed by atoms with Crippen molar-refractivity contribution >= 4 is 70.1 Å². The average molecular weight is 828 g/mol. The molecule has 3 amide bonds. The molecule has 24 heteroatoms. The molecular formula is C33H29N7O15S2. The van der Waals surface area contributed by atoms with Gasteiger partial charge in [0.25, 0.3) is 17.5 Å². The summed E-state index contributed by atoms with van der Waals surface area (Å²) >= 11 is 1.98. The topological polar surface area (TPSA) is 323 Å². The number of carbonyl (C=O) groups excluding carboxylic acids is 3. The number of aliphatic carboxylic acids is 3. The smallest absolute Gasteiger partial charge is 0.352 e. The molecule has 1 saturated heterocycles. The number of carboxylic acids is 3. The number of tetrazole rings is 1. The molecule has 0 aliphatic carbocycles. The molecule has 2 aliphatic heterocycles. The van der Waals surface area contributed by atoms with E-state index >= 15 is 0 Å². The second-order valence-electron chi connectivity index (χ2n) is 12.2. The largest absolute Gasteiger partial charge is 0.504 e. The van der Waals surface area contributed by atoms with Gasteiger partial charge in [0.15, 0.2) is 17.9 Å². The molecular weight excluding hydrogens is 799 g/mol. The lowest BCUT2D eigenvalue weighted by Gasteiger charge is -2.56. The summed E-state index contributed by atoms with van der Waals surface area (Å²) in [5, 5.41) is 62.8. The molecule has 6 rings (SSSR count). The number of fused-ring (bicyclic) bond motifs is 2. The fraction of sp³-hybridized carbons (Fsp3) is 0.273. The zero-order chi connectivity index (χ0) is 41.3. The van der Waals surface area contributed by atoms with Gasteiger partial charge in [-0.1, -0.05) is 23.9 Å². The summed E-state index contributed by atoms with van der Waals surface area (Å²) in [6.07, 6.45) is 0. The number of nitrogens with one attached hydrogen (secondary N) is 2. The first kappa shape index (κ1) is 40.0. The molecule has 0 radical (unpaired) electrons. The summed E-state index contributed by atoms with van der Waals surface area (Å²) in [6.45, 7) is 0.00500. The SMILES string of the molecule is CO[C@@]1(NC(=O)C(NC(=O)c2c(C)oc3c(O)c(O)ccc3c2=O)c2ccc(OCC(=O)O)cc2)C(=O)N2C(C(=O)O)=C(CSc3nnnn3CC(=O)O)CS[C@@H]21. The molecule has 57 heavy (non-hydrogen) atoms. The normalized spacial score (nSPS) is 18.0. The lowest BCUT2D eigenvalue weighted by molar-refractivity contribution is -0.192. The van der Waals surface area contributed by atoms with Crippen LogP contribution >= 0.6 is 23.5 Å². The Morgan fingerprint density at radius 2 is 1.79 bits per heavy atom. The van der Waals surface area contributed by atoms with Crippen molar-refractivity contribution in [2.75, 3.05) is 25.2 Å². The van der Waals surface area contributed by atoms with Gasteiger partial charge in [-0.2, -0.15) is 0 Å². The molecule has 2 aliphatic rings. The third-order valence-electron chi connectivity index (χ3n) is 8.63. The summed E-state index contributed by atoms with van der Waals surface area (Å²) in [6, 6.07) is 5.67. The first-order valence-electron chi connectivity index (χ1n) is 16.2. The summed E-state index contributed by atoms with van der Waals surface area (Å²) in [7, 11) is 1.10. The molecule has 2 aromatic carbocycles. The number of benzene rings is 2. The first-order chi connectivity index (χ1) is 27.1. The van der Waals surface area contributed by atoms with Crippen LogP contribution in [0.15, 0.2) is 62.0 Å². The highest BCUT2D eigenvalue weighted by atomic mass is 32.2. The number of aromatic hydroxyl groups is 2. The number of aryl methyl sites for hydroxylation is 1. The van der Waals surface area contributed by atoms with Crippen LogP contribution in [-0.2, 0) is 35.3 Å². The lowest BCUT2D eigenvalue weighted by atomic mass is 9.96. The maximum Gasteiger partial charge on any atom is 0.352 e. The molecule has 1 unspecified atom stereocenters. The van der Waals surface area contributed by atoms with Gasteiger partial charge in [0.2, 0.25) is 22.2 Å². The molecule has 2 aromatic heterocycles. The minimum absolute atomic E-state index is 0.00682. The van der Waals surface area contributed by atoms with E-state index in [1.165, 1.54) is 31.2 Å². The van der Waals surface area contributed by atoms with Gasteiger partial charge in [-0.15, -0.1) is 16.9 Å². The van der Waals surface area contributed by atoms with E-state index in [0.717, 1.165) is 52.3 Å². The van der Waals surface area contributed by atoms with Crippen molar-refractivity contribution in [3.63, 3.8) is 0 Å². The van der Waals surface area contributed by atoms with E-state index in [0.29, 0.717) is 0 Å². The summed E-state index contributed by atoms with van der Waals surface area (Å²) in [5.74, 6) is -8.70. The Morgan fingerprint density at radius 1 is 1.07 bits per heavy atom. The molecule has 3 atom stereocenters. The van der Waals surface area contributed by atoms with Crippen LogP contribution in [0.1, 0.15) is 27.7 Å². The number of nitrogens with zero attached hydrogens (tertiary/aromatic N) is 5. The van der Waals surface area contributed by atoms with E-state index in [4.69, 9.17) is 24.1 Å². The third-order valence-corrected chi connectivity index (χ3v) is 11.0. The predicted octanol–water partition coefficient (Wildman–Crippen LogP) is 0.0232. The summed E-state index contributed by atoms with van der Waals surface area (Å²) < 4.78 is 17.2. The van der Waals surface area contributed by atoms with Gasteiger partial charge < -0.3 is 50.1 Å². The van der Waals surface area contributed by atoms with Crippen LogP contribution in [0, 0.1) is 6.92 Å². The molecule has 0 bridgehead atoms. The zero-order valence-corrected chi connectivity index (χ0v) is 31.0. The number of rotatable bonds is 15. The van der Waals surface area contributed by atoms with E-state index in [9.17, 15) is 48.9 Å². The van der Waals surface area contributed by atoms with E-state index < -0.39 is 99.7 Å². The van der Waals surface area contributed by atoms with Gasteiger partial charge in [0.1, 0.15) is 40.7 Å². The maximum atomic E-state index is 14.2. The quantitative estimate of drug-likeness (QED) is 0.0359. The van der Waals surface area contributed by atoms with Gasteiger partial charge >= 0.3 is 17.9 Å². The van der Waals surface area contributed by atoms with Gasteiger partial charge in [-0.05, 0) is 52.8 Å². The molecule has 1 fully saturated rings. The van der Waals surface area contributed by atoms with E-state index in [1.54, 1.807) is 0 Å². The molecule has 4 aromatic rings. The Kier molecular flexibility index (Phi) is 11.1. The van der Waals surface area contributed by atoms with Crippen molar-refractivity contribution in [1.29, 1.82) is 0 Å². The van der Waals surface area contributed by atoms with Crippen LogP contribution in [0.4, 0.5) is 0 Å². The second-order valence-corrected chi connectivity index (χ2v) is 14.2. The fourth-order valence-electron chi connectivity index (χ4n) is 6.00. The number of carbonyl (C=O) groups is 6. The number of phenolic OH excluding ortho intramolecular Hbond substituents is 2. The van der Waals surface area contributed by atoms with Crippen LogP contribution in [0.25, 0.3) is 11.0 Å². The number of aromatic nitrogens is 4. The Hall–Kier alpha value is -6.66. The standard InChI is InChI=1S/C33H29N7O15S2/c1-13-21(24(46)17-7-8-18(41)25(47)26(17)55-13)27(48)34-22(14-3-5-16(6-4-14)54-10-20(44)45)28(49)35-33(53-2)30(52)40-23(29(50)51)15(11-56-31(33)40)12-57-32-36-37-38-39(32)9-19(42)43/h3-8,22,31,41,47H,9-12H2,1-2H3,(H,34,48)(H,35,49)(H,42,43)(H,44,45)(H,50,51)/t22?,31-,33+/m1/s1. The van der Waals surface area contributed by atoms with Crippen molar-refractivity contribution < 1.29 is 68.2 Å². The van der Waals surface area contributed by atoms with Crippen molar-refractivity contribution in [2.24, 2.45) is 0 Å². The van der Waals surface area contributed by atoms with Crippen LogP contribution in [0.2, 0.25) is 0 Å². The Balaban J connectivity index is 1.30. The van der Waals surface area contributed by atoms with Crippen molar-refractivity contribution in [3.8, 4) is 17.2 Å². The van der Waals surface area contributed by atoms with Crippen LogP contribution in [0.3, 0.4) is 0 Å². The highest BCUT2D eigenvalue weighted by Gasteiger charge is 2.67. The minimum atomic E-state index is -2.17.